The zero-order chi connectivity index (χ0) is 11.2. The normalized spacial score (nSPS) is 16.1. The second-order valence-corrected chi connectivity index (χ2v) is 4.64. The van der Waals surface area contributed by atoms with Gasteiger partial charge in [-0.15, -0.1) is 0 Å². The number of piperidine rings is 1. The zero-order valence-corrected chi connectivity index (χ0v) is 10.0. The first kappa shape index (κ1) is 11.3. The van der Waals surface area contributed by atoms with Gasteiger partial charge in [-0.2, -0.15) is 4.37 Å². The van der Waals surface area contributed by atoms with Crippen molar-refractivity contribution in [2.45, 2.75) is 25.7 Å². The molecule has 88 valence electrons. The molecule has 0 spiro atoms. The lowest BCUT2D eigenvalue weighted by Crippen LogP contribution is -2.36. The maximum Gasteiger partial charge on any atom is 0.224 e. The Kier molecular flexibility index (Phi) is 4.10. The van der Waals surface area contributed by atoms with E-state index < -0.39 is 0 Å². The maximum absolute atomic E-state index is 11.8. The predicted octanol–water partition coefficient (Wildman–Crippen LogP) is 1.35. The van der Waals surface area contributed by atoms with Gasteiger partial charge >= 0.3 is 0 Å². The average molecular weight is 240 g/mol. The Morgan fingerprint density at radius 3 is 2.94 bits per heavy atom. The van der Waals surface area contributed by atoms with Crippen LogP contribution in [0.2, 0.25) is 0 Å². The Labute approximate surface area is 99.0 Å². The molecule has 0 saturated carbocycles. The molecule has 1 aromatic rings. The van der Waals surface area contributed by atoms with Crippen molar-refractivity contribution in [3.8, 4) is 0 Å². The van der Waals surface area contributed by atoms with Gasteiger partial charge in [-0.05, 0) is 19.3 Å². The van der Waals surface area contributed by atoms with Crippen LogP contribution in [0.3, 0.4) is 0 Å². The van der Waals surface area contributed by atoms with Gasteiger partial charge in [0.15, 0.2) is 0 Å². The van der Waals surface area contributed by atoms with E-state index in [0.717, 1.165) is 31.1 Å². The minimum Gasteiger partial charge on any atom is -0.360 e. The third-order valence-electron chi connectivity index (χ3n) is 2.69. The Morgan fingerprint density at radius 2 is 2.25 bits per heavy atom. The number of hydrogen-bond acceptors (Lipinski definition) is 5. The fraction of sp³-hybridized carbons (Fsp3) is 0.700. The molecule has 16 heavy (non-hydrogen) atoms. The van der Waals surface area contributed by atoms with Crippen LogP contribution < -0.4 is 5.32 Å². The molecular formula is C10H16N4OS. The molecule has 2 rings (SSSR count). The maximum atomic E-state index is 11.8. The number of anilines is 1. The van der Waals surface area contributed by atoms with Crippen LogP contribution >= 0.6 is 11.5 Å². The van der Waals surface area contributed by atoms with Crippen molar-refractivity contribution < 1.29 is 4.79 Å². The van der Waals surface area contributed by atoms with Gasteiger partial charge in [-0.3, -0.25) is 4.79 Å². The van der Waals surface area contributed by atoms with E-state index >= 15 is 0 Å². The highest BCUT2D eigenvalue weighted by Crippen LogP contribution is 2.10. The number of carbonyl (C=O) groups excluding carboxylic acids is 1. The number of likely N-dealkylation sites (tertiary alicyclic amines) is 1. The SMILES string of the molecule is O=C(CCNc1ncns1)N1CCCCC1. The summed E-state index contributed by atoms with van der Waals surface area (Å²) in [6.07, 6.45) is 5.61. The first-order valence-electron chi connectivity index (χ1n) is 5.64. The molecule has 1 saturated heterocycles. The van der Waals surface area contributed by atoms with Crippen molar-refractivity contribution in [2.24, 2.45) is 0 Å². The molecule has 0 aliphatic carbocycles. The summed E-state index contributed by atoms with van der Waals surface area (Å²) in [5.41, 5.74) is 0. The molecule has 0 radical (unpaired) electrons. The summed E-state index contributed by atoms with van der Waals surface area (Å²) in [5.74, 6) is 0.247. The van der Waals surface area contributed by atoms with Crippen LogP contribution in [-0.2, 0) is 4.79 Å². The molecule has 0 aromatic carbocycles. The second kappa shape index (κ2) is 5.79. The fourth-order valence-corrected chi connectivity index (χ4v) is 2.28. The highest BCUT2D eigenvalue weighted by atomic mass is 32.1. The third kappa shape index (κ3) is 3.16. The van der Waals surface area contributed by atoms with E-state index in [1.807, 2.05) is 4.90 Å². The Hall–Kier alpha value is -1.17. The van der Waals surface area contributed by atoms with Crippen LogP contribution in [0.1, 0.15) is 25.7 Å². The lowest BCUT2D eigenvalue weighted by atomic mass is 10.1. The monoisotopic (exact) mass is 240 g/mol. The van der Waals surface area contributed by atoms with Crippen molar-refractivity contribution in [1.82, 2.24) is 14.3 Å². The van der Waals surface area contributed by atoms with Crippen LogP contribution in [0.5, 0.6) is 0 Å². The standard InChI is InChI=1S/C10H16N4OS/c15-9(14-6-2-1-3-7-14)4-5-11-10-12-8-13-16-10/h8H,1-7H2,(H,11,12,13). The quantitative estimate of drug-likeness (QED) is 0.863. The minimum absolute atomic E-state index is 0.247. The van der Waals surface area contributed by atoms with Crippen LogP contribution in [0.15, 0.2) is 6.33 Å². The molecule has 1 N–H and O–H groups in total. The lowest BCUT2D eigenvalue weighted by molar-refractivity contribution is -0.131. The predicted molar refractivity (Wildman–Crippen MR) is 63.4 cm³/mol. The van der Waals surface area contributed by atoms with E-state index in [-0.39, 0.29) is 5.91 Å². The fourth-order valence-electron chi connectivity index (χ4n) is 1.83. The number of nitrogens with one attached hydrogen (secondary N) is 1. The summed E-state index contributed by atoms with van der Waals surface area (Å²) >= 11 is 1.31. The van der Waals surface area contributed by atoms with Crippen molar-refractivity contribution in [3.63, 3.8) is 0 Å². The topological polar surface area (TPSA) is 58.1 Å². The van der Waals surface area contributed by atoms with E-state index in [9.17, 15) is 4.79 Å². The van der Waals surface area contributed by atoms with Crippen molar-refractivity contribution in [3.05, 3.63) is 6.33 Å². The summed E-state index contributed by atoms with van der Waals surface area (Å²) in [7, 11) is 0. The molecule has 0 bridgehead atoms. The Bertz CT molecular complexity index is 322. The second-order valence-electron chi connectivity index (χ2n) is 3.86. The molecule has 1 fully saturated rings. The van der Waals surface area contributed by atoms with Crippen LogP contribution in [-0.4, -0.2) is 39.8 Å². The Balaban J connectivity index is 1.67. The van der Waals surface area contributed by atoms with Gasteiger partial charge < -0.3 is 10.2 Å². The van der Waals surface area contributed by atoms with E-state index in [4.69, 9.17) is 0 Å². The molecule has 2 heterocycles. The van der Waals surface area contributed by atoms with Crippen LogP contribution in [0, 0.1) is 0 Å². The van der Waals surface area contributed by atoms with E-state index in [2.05, 4.69) is 14.7 Å². The van der Waals surface area contributed by atoms with Crippen LogP contribution in [0.4, 0.5) is 5.13 Å². The number of rotatable bonds is 4. The number of amides is 1. The summed E-state index contributed by atoms with van der Waals surface area (Å²) in [6, 6.07) is 0. The van der Waals surface area contributed by atoms with E-state index in [0.29, 0.717) is 13.0 Å². The van der Waals surface area contributed by atoms with Crippen molar-refractivity contribution >= 4 is 22.6 Å². The molecular weight excluding hydrogens is 224 g/mol. The first-order valence-corrected chi connectivity index (χ1v) is 6.42. The van der Waals surface area contributed by atoms with Gasteiger partial charge in [-0.25, -0.2) is 4.98 Å². The summed E-state index contributed by atoms with van der Waals surface area (Å²) in [5, 5.41) is 3.88. The van der Waals surface area contributed by atoms with E-state index in [1.54, 1.807) is 0 Å². The van der Waals surface area contributed by atoms with Gasteiger partial charge in [0, 0.05) is 37.6 Å². The van der Waals surface area contributed by atoms with Crippen molar-refractivity contribution in [2.75, 3.05) is 25.0 Å². The summed E-state index contributed by atoms with van der Waals surface area (Å²) < 4.78 is 3.88. The molecule has 0 atom stereocenters. The number of carbonyl (C=O) groups is 1. The smallest absolute Gasteiger partial charge is 0.224 e. The number of nitrogens with zero attached hydrogens (tertiary/aromatic N) is 3. The van der Waals surface area contributed by atoms with Gasteiger partial charge in [-0.1, -0.05) is 0 Å². The zero-order valence-electron chi connectivity index (χ0n) is 9.19. The molecule has 1 aliphatic heterocycles. The molecule has 6 heteroatoms. The van der Waals surface area contributed by atoms with Gasteiger partial charge in [0.25, 0.3) is 0 Å². The van der Waals surface area contributed by atoms with Gasteiger partial charge in [0.1, 0.15) is 6.33 Å². The first-order chi connectivity index (χ1) is 7.86. The number of hydrogen-bond donors (Lipinski definition) is 1. The summed E-state index contributed by atoms with van der Waals surface area (Å²) in [6.45, 7) is 2.50. The molecule has 1 aliphatic rings. The molecule has 1 aromatic heterocycles. The average Bonchev–Trinajstić information content (AvgIpc) is 2.83. The summed E-state index contributed by atoms with van der Waals surface area (Å²) in [4.78, 5) is 17.7. The van der Waals surface area contributed by atoms with Crippen molar-refractivity contribution in [1.29, 1.82) is 0 Å². The van der Waals surface area contributed by atoms with Crippen LogP contribution in [0.25, 0.3) is 0 Å². The largest absolute Gasteiger partial charge is 0.360 e. The highest BCUT2D eigenvalue weighted by molar-refractivity contribution is 7.09. The third-order valence-corrected chi connectivity index (χ3v) is 3.31. The molecule has 0 unspecified atom stereocenters. The molecule has 5 nitrogen and oxygen atoms in total. The van der Waals surface area contributed by atoms with E-state index in [1.165, 1.54) is 24.3 Å². The van der Waals surface area contributed by atoms with Gasteiger partial charge in [0.05, 0.1) is 0 Å². The highest BCUT2D eigenvalue weighted by Gasteiger charge is 2.15. The van der Waals surface area contributed by atoms with Gasteiger partial charge in [0.2, 0.25) is 11.0 Å². The molecule has 1 amide bonds. The lowest BCUT2D eigenvalue weighted by Gasteiger charge is -2.26. The Morgan fingerprint density at radius 1 is 1.44 bits per heavy atom. The number of aromatic nitrogens is 2. The minimum atomic E-state index is 0.247.